The minimum Gasteiger partial charge on any atom is -0.315 e. The van der Waals surface area contributed by atoms with E-state index in [0.29, 0.717) is 12.8 Å². The highest BCUT2D eigenvalue weighted by Gasteiger charge is 2.31. The third-order valence-corrected chi connectivity index (χ3v) is 6.26. The second-order valence-electron chi connectivity index (χ2n) is 7.45. The molecule has 3 aromatic carbocycles. The normalized spacial score (nSPS) is 15.6. The van der Waals surface area contributed by atoms with Gasteiger partial charge in [-0.1, -0.05) is 78.5 Å². The average Bonchev–Trinajstić information content (AvgIpc) is 3.11. The van der Waals surface area contributed by atoms with E-state index in [9.17, 15) is 14.4 Å². The molecule has 1 atom stereocenters. The molecule has 1 unspecified atom stereocenters. The van der Waals surface area contributed by atoms with Crippen molar-refractivity contribution < 1.29 is 14.4 Å². The zero-order chi connectivity index (χ0) is 21.8. The third kappa shape index (κ3) is 5.03. The Balaban J connectivity index is 1.43. The second kappa shape index (κ2) is 9.18. The molecule has 3 aromatic rings. The molecule has 31 heavy (non-hydrogen) atoms. The van der Waals surface area contributed by atoms with Gasteiger partial charge >= 0.3 is 0 Å². The highest BCUT2D eigenvalue weighted by Crippen LogP contribution is 2.26. The smallest absolute Gasteiger partial charge is 0.286 e. The van der Waals surface area contributed by atoms with E-state index in [2.05, 4.69) is 5.32 Å². The van der Waals surface area contributed by atoms with Gasteiger partial charge in [0.1, 0.15) is 0 Å². The van der Waals surface area contributed by atoms with E-state index < -0.39 is 0 Å². The van der Waals surface area contributed by atoms with Gasteiger partial charge in [0.05, 0.1) is 11.7 Å². The van der Waals surface area contributed by atoms with Crippen LogP contribution < -0.4 is 10.2 Å². The molecule has 0 spiro atoms. The van der Waals surface area contributed by atoms with Crippen LogP contribution in [0.5, 0.6) is 0 Å². The van der Waals surface area contributed by atoms with Crippen molar-refractivity contribution in [3.05, 3.63) is 90.0 Å². The van der Waals surface area contributed by atoms with Gasteiger partial charge in [0.15, 0.2) is 0 Å². The van der Waals surface area contributed by atoms with Gasteiger partial charge in [-0.3, -0.25) is 19.7 Å². The Morgan fingerprint density at radius 2 is 1.65 bits per heavy atom. The fourth-order valence-electron chi connectivity index (χ4n) is 3.52. The summed E-state index contributed by atoms with van der Waals surface area (Å²) in [6.45, 7) is 0. The van der Waals surface area contributed by atoms with E-state index in [-0.39, 0.29) is 22.3 Å². The topological polar surface area (TPSA) is 66.5 Å². The number of imide groups is 1. The maximum atomic E-state index is 12.7. The van der Waals surface area contributed by atoms with Gasteiger partial charge in [0.2, 0.25) is 11.8 Å². The van der Waals surface area contributed by atoms with Crippen molar-refractivity contribution in [2.75, 3.05) is 11.9 Å². The average molecular weight is 431 g/mol. The van der Waals surface area contributed by atoms with E-state index in [4.69, 9.17) is 0 Å². The summed E-state index contributed by atoms with van der Waals surface area (Å²) in [4.78, 5) is 37.4. The number of thioether (sulfide) groups is 1. The lowest BCUT2D eigenvalue weighted by Gasteiger charge is -2.17. The number of benzene rings is 3. The molecular formula is C25H22N2O3S. The summed E-state index contributed by atoms with van der Waals surface area (Å²) in [7, 11) is 1.79. The zero-order valence-corrected chi connectivity index (χ0v) is 17.9. The van der Waals surface area contributed by atoms with Crippen molar-refractivity contribution in [2.45, 2.75) is 18.1 Å². The number of hydrogen-bond acceptors (Lipinski definition) is 4. The molecule has 1 aliphatic heterocycles. The highest BCUT2D eigenvalue weighted by molar-refractivity contribution is 8.15. The van der Waals surface area contributed by atoms with Crippen LogP contribution in [-0.4, -0.2) is 29.4 Å². The fourth-order valence-corrected chi connectivity index (χ4v) is 4.38. The number of para-hydroxylation sites is 1. The van der Waals surface area contributed by atoms with Gasteiger partial charge < -0.3 is 4.90 Å². The standard InChI is InChI=1S/C25H22N2O3S/c1-27(21-8-3-2-4-9-21)23(28)16-18-6-5-7-20(14-18)19-12-10-17(11-13-19)15-22-24(29)26-25(30)31-22/h2-14,22H,15-16H2,1H3,(H,26,29,30). The molecule has 3 amide bonds. The summed E-state index contributed by atoms with van der Waals surface area (Å²) in [6, 6.07) is 25.5. The number of anilines is 1. The first-order valence-electron chi connectivity index (χ1n) is 10.0. The van der Waals surface area contributed by atoms with Crippen LogP contribution in [0.4, 0.5) is 10.5 Å². The molecule has 0 radical (unpaired) electrons. The van der Waals surface area contributed by atoms with Crippen LogP contribution >= 0.6 is 11.8 Å². The molecule has 0 bridgehead atoms. The number of amides is 3. The van der Waals surface area contributed by atoms with Crippen molar-refractivity contribution in [3.8, 4) is 11.1 Å². The van der Waals surface area contributed by atoms with Crippen LogP contribution in [0, 0.1) is 0 Å². The van der Waals surface area contributed by atoms with Crippen LogP contribution in [0.1, 0.15) is 11.1 Å². The van der Waals surface area contributed by atoms with Gasteiger partial charge in [0.25, 0.3) is 5.24 Å². The van der Waals surface area contributed by atoms with Crippen LogP contribution in [-0.2, 0) is 22.4 Å². The molecule has 1 fully saturated rings. The predicted octanol–water partition coefficient (Wildman–Crippen LogP) is 4.45. The Bertz CT molecular complexity index is 1110. The number of carbonyl (C=O) groups excluding carboxylic acids is 3. The van der Waals surface area contributed by atoms with Crippen LogP contribution in [0.15, 0.2) is 78.9 Å². The van der Waals surface area contributed by atoms with Crippen molar-refractivity contribution in [1.82, 2.24) is 5.32 Å². The molecule has 0 saturated carbocycles. The number of likely N-dealkylation sites (N-methyl/N-ethyl adjacent to an activating group) is 1. The second-order valence-corrected chi connectivity index (χ2v) is 8.63. The summed E-state index contributed by atoms with van der Waals surface area (Å²) in [5.41, 5.74) is 4.89. The fraction of sp³-hybridized carbons (Fsp3) is 0.160. The van der Waals surface area contributed by atoms with Gasteiger partial charge in [0, 0.05) is 12.7 Å². The molecule has 1 aliphatic rings. The molecule has 0 aliphatic carbocycles. The van der Waals surface area contributed by atoms with E-state index in [1.54, 1.807) is 11.9 Å². The van der Waals surface area contributed by atoms with E-state index in [1.165, 1.54) is 0 Å². The Kier molecular flexibility index (Phi) is 6.18. The SMILES string of the molecule is CN(C(=O)Cc1cccc(-c2ccc(CC3SC(=O)NC3=O)cc2)c1)c1ccccc1. The van der Waals surface area contributed by atoms with Crippen LogP contribution in [0.3, 0.4) is 0 Å². The van der Waals surface area contributed by atoms with E-state index >= 15 is 0 Å². The third-order valence-electron chi connectivity index (χ3n) is 5.28. The Hall–Kier alpha value is -3.38. The van der Waals surface area contributed by atoms with Crippen molar-refractivity contribution in [3.63, 3.8) is 0 Å². The van der Waals surface area contributed by atoms with Crippen LogP contribution in [0.25, 0.3) is 11.1 Å². The van der Waals surface area contributed by atoms with Crippen molar-refractivity contribution >= 4 is 34.5 Å². The Morgan fingerprint density at radius 1 is 0.903 bits per heavy atom. The molecule has 1 N–H and O–H groups in total. The molecular weight excluding hydrogens is 408 g/mol. The quantitative estimate of drug-likeness (QED) is 0.627. The van der Waals surface area contributed by atoms with Crippen LogP contribution in [0.2, 0.25) is 0 Å². The lowest BCUT2D eigenvalue weighted by Crippen LogP contribution is -2.27. The number of nitrogens with one attached hydrogen (secondary N) is 1. The Labute approximate surface area is 185 Å². The maximum Gasteiger partial charge on any atom is 0.286 e. The molecule has 4 rings (SSSR count). The summed E-state index contributed by atoms with van der Waals surface area (Å²) in [5.74, 6) is -0.197. The zero-order valence-electron chi connectivity index (χ0n) is 17.1. The molecule has 6 heteroatoms. The lowest BCUT2D eigenvalue weighted by molar-refractivity contribution is -0.119. The first kappa shape index (κ1) is 20.9. The lowest BCUT2D eigenvalue weighted by atomic mass is 9.99. The summed E-state index contributed by atoms with van der Waals surface area (Å²) in [6.07, 6.45) is 0.836. The summed E-state index contributed by atoms with van der Waals surface area (Å²) < 4.78 is 0. The number of rotatable bonds is 6. The predicted molar refractivity (Wildman–Crippen MR) is 124 cm³/mol. The molecule has 1 heterocycles. The van der Waals surface area contributed by atoms with E-state index in [1.807, 2.05) is 78.9 Å². The summed E-state index contributed by atoms with van der Waals surface area (Å²) in [5, 5.41) is 1.67. The first-order valence-corrected chi connectivity index (χ1v) is 10.9. The van der Waals surface area contributed by atoms with Gasteiger partial charge in [-0.15, -0.1) is 0 Å². The van der Waals surface area contributed by atoms with Crippen molar-refractivity contribution in [1.29, 1.82) is 0 Å². The molecule has 1 saturated heterocycles. The molecule has 156 valence electrons. The molecule has 0 aromatic heterocycles. The van der Waals surface area contributed by atoms with Gasteiger partial charge in [-0.05, 0) is 40.8 Å². The number of carbonyl (C=O) groups is 3. The monoisotopic (exact) mass is 430 g/mol. The largest absolute Gasteiger partial charge is 0.315 e. The first-order chi connectivity index (χ1) is 15.0. The van der Waals surface area contributed by atoms with Crippen molar-refractivity contribution in [2.24, 2.45) is 0 Å². The van der Waals surface area contributed by atoms with Gasteiger partial charge in [-0.25, -0.2) is 0 Å². The Morgan fingerprint density at radius 3 is 2.32 bits per heavy atom. The number of nitrogens with zero attached hydrogens (tertiary/aromatic N) is 1. The maximum absolute atomic E-state index is 12.7. The molecule has 5 nitrogen and oxygen atoms in total. The minimum absolute atomic E-state index is 0.0283. The minimum atomic E-state index is -0.366. The number of hydrogen-bond donors (Lipinski definition) is 1. The highest BCUT2D eigenvalue weighted by atomic mass is 32.2. The summed E-state index contributed by atoms with van der Waals surface area (Å²) >= 11 is 1.04. The van der Waals surface area contributed by atoms with E-state index in [0.717, 1.165) is 39.7 Å². The van der Waals surface area contributed by atoms with Gasteiger partial charge in [-0.2, -0.15) is 0 Å².